The Hall–Kier alpha value is -3.57. The number of carbonyl (C=O) groups is 1. The first-order chi connectivity index (χ1) is 14.2. The zero-order valence-corrected chi connectivity index (χ0v) is 16.0. The summed E-state index contributed by atoms with van der Waals surface area (Å²) in [6, 6.07) is 20.8. The Labute approximate surface area is 172 Å². The molecule has 0 unspecified atom stereocenters. The number of anilines is 1. The summed E-state index contributed by atoms with van der Waals surface area (Å²) in [5.41, 5.74) is 4.63. The number of fused-ring (bicyclic) bond motifs is 2. The predicted molar refractivity (Wildman–Crippen MR) is 115 cm³/mol. The van der Waals surface area contributed by atoms with Crippen LogP contribution >= 0.6 is 11.6 Å². The number of hydrogen-bond donors (Lipinski definition) is 2. The fraction of sp³-hybridized carbons (Fsp3) is 0.0435. The molecule has 142 valence electrons. The minimum absolute atomic E-state index is 0.202. The van der Waals surface area contributed by atoms with E-state index in [-0.39, 0.29) is 12.5 Å². The van der Waals surface area contributed by atoms with Crippen molar-refractivity contribution in [2.45, 2.75) is 0 Å². The number of aromatic nitrogens is 2. The molecule has 1 aliphatic rings. The third-order valence-corrected chi connectivity index (χ3v) is 5.03. The summed E-state index contributed by atoms with van der Waals surface area (Å²) in [4.78, 5) is 20.8. The van der Waals surface area contributed by atoms with E-state index < -0.39 is 0 Å². The van der Waals surface area contributed by atoms with Crippen LogP contribution in [0.1, 0.15) is 5.56 Å². The number of aromatic amines is 1. The van der Waals surface area contributed by atoms with Crippen LogP contribution in [0.15, 0.2) is 72.3 Å². The second-order valence-corrected chi connectivity index (χ2v) is 7.18. The molecule has 2 N–H and O–H groups in total. The number of rotatable bonds is 3. The van der Waals surface area contributed by atoms with Crippen LogP contribution in [0.3, 0.4) is 0 Å². The van der Waals surface area contributed by atoms with Crippen molar-refractivity contribution in [1.29, 1.82) is 0 Å². The first-order valence-corrected chi connectivity index (χ1v) is 9.53. The minimum Gasteiger partial charge on any atom is -0.488 e. The maximum atomic E-state index is 12.9. The molecule has 0 radical (unpaired) electrons. The van der Waals surface area contributed by atoms with E-state index in [1.165, 1.54) is 0 Å². The van der Waals surface area contributed by atoms with Gasteiger partial charge in [-0.15, -0.1) is 0 Å². The SMILES string of the molecule is O=C(Nc1ccccc1-c1nc2ccccc2[nH]1)C1=Cc2cc(Cl)ccc2OC1. The number of halogens is 1. The molecule has 0 aliphatic carbocycles. The Morgan fingerprint density at radius 3 is 2.79 bits per heavy atom. The number of nitrogens with one attached hydrogen (secondary N) is 2. The van der Waals surface area contributed by atoms with Crippen molar-refractivity contribution in [3.05, 3.63) is 82.9 Å². The molecule has 0 saturated heterocycles. The predicted octanol–water partition coefficient (Wildman–Crippen LogP) is 5.30. The van der Waals surface area contributed by atoms with Crippen molar-refractivity contribution in [3.63, 3.8) is 0 Å². The van der Waals surface area contributed by atoms with Gasteiger partial charge in [-0.2, -0.15) is 0 Å². The molecular weight excluding hydrogens is 386 g/mol. The Balaban J connectivity index is 1.46. The number of benzene rings is 3. The molecule has 5 rings (SSSR count). The minimum atomic E-state index is -0.223. The van der Waals surface area contributed by atoms with Gasteiger partial charge in [0.2, 0.25) is 0 Å². The third kappa shape index (κ3) is 3.37. The highest BCUT2D eigenvalue weighted by molar-refractivity contribution is 6.30. The van der Waals surface area contributed by atoms with Gasteiger partial charge >= 0.3 is 0 Å². The lowest BCUT2D eigenvalue weighted by atomic mass is 10.1. The van der Waals surface area contributed by atoms with Crippen molar-refractivity contribution in [2.24, 2.45) is 0 Å². The molecule has 1 aliphatic heterocycles. The van der Waals surface area contributed by atoms with Crippen molar-refractivity contribution in [2.75, 3.05) is 11.9 Å². The largest absolute Gasteiger partial charge is 0.488 e. The van der Waals surface area contributed by atoms with Gasteiger partial charge in [0, 0.05) is 16.1 Å². The summed E-state index contributed by atoms with van der Waals surface area (Å²) in [6.45, 7) is 0.202. The molecule has 29 heavy (non-hydrogen) atoms. The Bertz CT molecular complexity index is 1240. The number of H-pyrrole nitrogens is 1. The molecule has 5 nitrogen and oxygen atoms in total. The van der Waals surface area contributed by atoms with Gasteiger partial charge in [0.15, 0.2) is 0 Å². The van der Waals surface area contributed by atoms with Crippen molar-refractivity contribution >= 4 is 40.3 Å². The lowest BCUT2D eigenvalue weighted by molar-refractivity contribution is -0.113. The quantitative estimate of drug-likeness (QED) is 0.489. The highest BCUT2D eigenvalue weighted by Gasteiger charge is 2.19. The van der Waals surface area contributed by atoms with Gasteiger partial charge in [-0.1, -0.05) is 35.9 Å². The van der Waals surface area contributed by atoms with Crippen LogP contribution in [0.4, 0.5) is 5.69 Å². The molecule has 0 atom stereocenters. The average Bonchev–Trinajstić information content (AvgIpc) is 3.17. The standard InChI is InChI=1S/C23H16ClN3O2/c24-16-9-10-21-14(12-16)11-15(13-29-21)23(28)27-18-6-2-1-5-17(18)22-25-19-7-3-4-8-20(19)26-22/h1-12H,13H2,(H,25,26)(H,27,28). The highest BCUT2D eigenvalue weighted by Crippen LogP contribution is 2.31. The molecule has 0 spiro atoms. The van der Waals surface area contributed by atoms with Gasteiger partial charge in [-0.25, -0.2) is 4.98 Å². The molecule has 0 fully saturated rings. The molecule has 2 heterocycles. The Kier molecular flexibility index (Phi) is 4.30. The van der Waals surface area contributed by atoms with Gasteiger partial charge in [0.1, 0.15) is 18.2 Å². The summed E-state index contributed by atoms with van der Waals surface area (Å²) in [6.07, 6.45) is 1.81. The summed E-state index contributed by atoms with van der Waals surface area (Å²) in [5.74, 6) is 1.20. The van der Waals surface area contributed by atoms with Crippen LogP contribution in [-0.4, -0.2) is 22.5 Å². The third-order valence-electron chi connectivity index (χ3n) is 4.80. The van der Waals surface area contributed by atoms with Crippen LogP contribution < -0.4 is 10.1 Å². The van der Waals surface area contributed by atoms with E-state index in [4.69, 9.17) is 16.3 Å². The first kappa shape index (κ1) is 17.5. The second kappa shape index (κ2) is 7.11. The lowest BCUT2D eigenvalue weighted by Gasteiger charge is -2.18. The van der Waals surface area contributed by atoms with E-state index in [9.17, 15) is 4.79 Å². The first-order valence-electron chi connectivity index (χ1n) is 9.16. The normalized spacial score (nSPS) is 12.8. The van der Waals surface area contributed by atoms with Crippen LogP contribution in [-0.2, 0) is 4.79 Å². The molecule has 0 bridgehead atoms. The van der Waals surface area contributed by atoms with Crippen molar-refractivity contribution < 1.29 is 9.53 Å². The van der Waals surface area contributed by atoms with E-state index >= 15 is 0 Å². The molecule has 6 heteroatoms. The number of imidazole rings is 1. The Morgan fingerprint density at radius 1 is 1.07 bits per heavy atom. The summed E-state index contributed by atoms with van der Waals surface area (Å²) >= 11 is 6.06. The molecule has 1 aromatic heterocycles. The number of carbonyl (C=O) groups excluding carboxylic acids is 1. The fourth-order valence-corrected chi connectivity index (χ4v) is 3.54. The van der Waals surface area contributed by atoms with Gasteiger partial charge in [-0.3, -0.25) is 4.79 Å². The Morgan fingerprint density at radius 2 is 1.90 bits per heavy atom. The van der Waals surface area contributed by atoms with Crippen LogP contribution in [0.25, 0.3) is 28.5 Å². The van der Waals surface area contributed by atoms with Gasteiger partial charge in [-0.05, 0) is 48.5 Å². The zero-order valence-electron chi connectivity index (χ0n) is 15.3. The van der Waals surface area contributed by atoms with Crippen LogP contribution in [0.5, 0.6) is 5.75 Å². The van der Waals surface area contributed by atoms with Crippen molar-refractivity contribution in [3.8, 4) is 17.1 Å². The lowest BCUT2D eigenvalue weighted by Crippen LogP contribution is -2.21. The summed E-state index contributed by atoms with van der Waals surface area (Å²) < 4.78 is 5.70. The highest BCUT2D eigenvalue weighted by atomic mass is 35.5. The number of nitrogens with zero attached hydrogens (tertiary/aromatic N) is 1. The number of amides is 1. The van der Waals surface area contributed by atoms with E-state index in [2.05, 4.69) is 15.3 Å². The zero-order chi connectivity index (χ0) is 19.8. The fourth-order valence-electron chi connectivity index (χ4n) is 3.36. The smallest absolute Gasteiger partial charge is 0.255 e. The maximum Gasteiger partial charge on any atom is 0.255 e. The maximum absolute atomic E-state index is 12.9. The average molecular weight is 402 g/mol. The van der Waals surface area contributed by atoms with E-state index in [1.807, 2.05) is 54.6 Å². The van der Waals surface area contributed by atoms with Crippen LogP contribution in [0, 0.1) is 0 Å². The van der Waals surface area contributed by atoms with Crippen LogP contribution in [0.2, 0.25) is 5.02 Å². The van der Waals surface area contributed by atoms with E-state index in [0.717, 1.165) is 22.2 Å². The molecule has 0 saturated carbocycles. The van der Waals surface area contributed by atoms with Crippen molar-refractivity contribution in [1.82, 2.24) is 9.97 Å². The summed E-state index contributed by atoms with van der Waals surface area (Å²) in [5, 5.41) is 3.59. The molecule has 1 amide bonds. The topological polar surface area (TPSA) is 67.0 Å². The second-order valence-electron chi connectivity index (χ2n) is 6.74. The summed E-state index contributed by atoms with van der Waals surface area (Å²) in [7, 11) is 0. The van der Waals surface area contributed by atoms with Gasteiger partial charge in [0.25, 0.3) is 5.91 Å². The molecular formula is C23H16ClN3O2. The monoisotopic (exact) mass is 401 g/mol. The molecule has 4 aromatic rings. The van der Waals surface area contributed by atoms with E-state index in [0.29, 0.717) is 27.9 Å². The van der Waals surface area contributed by atoms with Gasteiger partial charge in [0.05, 0.1) is 22.3 Å². The van der Waals surface area contributed by atoms with Gasteiger partial charge < -0.3 is 15.0 Å². The number of ether oxygens (including phenoxy) is 1. The number of para-hydroxylation sites is 3. The number of hydrogen-bond acceptors (Lipinski definition) is 3. The van der Waals surface area contributed by atoms with E-state index in [1.54, 1.807) is 18.2 Å². The molecule has 3 aromatic carbocycles.